The van der Waals surface area contributed by atoms with Gasteiger partial charge in [-0.25, -0.2) is 19.1 Å². The Kier molecular flexibility index (Phi) is 6.79. The van der Waals surface area contributed by atoms with E-state index in [0.29, 0.717) is 22.7 Å². The summed E-state index contributed by atoms with van der Waals surface area (Å²) in [5, 5.41) is 6.10. The van der Waals surface area contributed by atoms with Gasteiger partial charge in [-0.1, -0.05) is 12.1 Å². The van der Waals surface area contributed by atoms with Crippen molar-refractivity contribution in [1.29, 1.82) is 0 Å². The van der Waals surface area contributed by atoms with Crippen LogP contribution in [0.3, 0.4) is 0 Å². The average molecular weight is 498 g/mol. The third-order valence-electron chi connectivity index (χ3n) is 5.77. The largest absolute Gasteiger partial charge is 0.458 e. The smallest absolute Gasteiger partial charge is 0.332 e. The van der Waals surface area contributed by atoms with Crippen LogP contribution in [0.15, 0.2) is 47.4 Å². The number of fused-ring (bicyclic) bond motifs is 1. The molecule has 1 aliphatic rings. The van der Waals surface area contributed by atoms with E-state index in [2.05, 4.69) is 20.6 Å². The lowest BCUT2D eigenvalue weighted by molar-refractivity contribution is -0.158. The molecule has 2 atom stereocenters. The number of H-pyrrole nitrogens is 1. The fourth-order valence-electron chi connectivity index (χ4n) is 4.07. The molecule has 35 heavy (non-hydrogen) atoms. The van der Waals surface area contributed by atoms with Gasteiger partial charge in [-0.15, -0.1) is 11.8 Å². The molecule has 1 fully saturated rings. The molecule has 1 amide bonds. The number of amides is 1. The fraction of sp³-hybridized carbons (Fsp3) is 0.440. The van der Waals surface area contributed by atoms with Crippen LogP contribution in [-0.4, -0.2) is 54.7 Å². The second kappa shape index (κ2) is 9.50. The number of hydrogen-bond acceptors (Lipinski definition) is 7. The van der Waals surface area contributed by atoms with Crippen molar-refractivity contribution in [2.45, 2.75) is 63.5 Å². The minimum absolute atomic E-state index is 0.233. The van der Waals surface area contributed by atoms with Crippen molar-refractivity contribution in [3.05, 3.63) is 58.6 Å². The molecule has 0 radical (unpaired) electrons. The molecule has 9 nitrogen and oxygen atoms in total. The number of nitrogens with zero attached hydrogens (tertiary/aromatic N) is 2. The maximum atomic E-state index is 13.1. The Labute approximate surface area is 208 Å². The van der Waals surface area contributed by atoms with Gasteiger partial charge < -0.3 is 15.0 Å². The van der Waals surface area contributed by atoms with E-state index in [9.17, 15) is 14.4 Å². The Hall–Kier alpha value is -3.11. The summed E-state index contributed by atoms with van der Waals surface area (Å²) in [5.74, 6) is -0.0505. The number of carbonyl (C=O) groups excluding carboxylic acids is 2. The summed E-state index contributed by atoms with van der Waals surface area (Å²) in [5.41, 5.74) is 1.68. The number of carbonyl (C=O) groups is 2. The molecule has 1 saturated heterocycles. The number of thioether (sulfide) groups is 1. The van der Waals surface area contributed by atoms with Crippen LogP contribution in [0.1, 0.15) is 40.2 Å². The minimum Gasteiger partial charge on any atom is -0.458 e. The van der Waals surface area contributed by atoms with E-state index in [-0.39, 0.29) is 22.8 Å². The highest BCUT2D eigenvalue weighted by molar-refractivity contribution is 8.00. The lowest BCUT2D eigenvalue weighted by Gasteiger charge is -2.28. The van der Waals surface area contributed by atoms with Crippen molar-refractivity contribution in [2.75, 3.05) is 5.88 Å². The molecular weight excluding hydrogens is 466 g/mol. The number of aromatic amines is 1. The van der Waals surface area contributed by atoms with Crippen LogP contribution in [0.2, 0.25) is 0 Å². The molecule has 10 heteroatoms. The molecule has 4 rings (SSSR count). The summed E-state index contributed by atoms with van der Waals surface area (Å²) < 4.78 is 6.81. The third-order valence-corrected chi connectivity index (χ3v) is 7.07. The minimum atomic E-state index is -0.853. The van der Waals surface area contributed by atoms with Gasteiger partial charge in [0, 0.05) is 23.2 Å². The lowest BCUT2D eigenvalue weighted by atomic mass is 10.0. The van der Waals surface area contributed by atoms with E-state index in [0.717, 1.165) is 5.56 Å². The number of ether oxygens (including phenoxy) is 1. The summed E-state index contributed by atoms with van der Waals surface area (Å²) in [6.45, 7) is 9.40. The highest BCUT2D eigenvalue weighted by Gasteiger charge is 2.41. The first-order chi connectivity index (χ1) is 16.4. The Morgan fingerprint density at radius 2 is 1.97 bits per heavy atom. The molecule has 3 heterocycles. The van der Waals surface area contributed by atoms with Crippen molar-refractivity contribution in [2.24, 2.45) is 0 Å². The van der Waals surface area contributed by atoms with Crippen LogP contribution in [0.5, 0.6) is 0 Å². The van der Waals surface area contributed by atoms with E-state index in [1.807, 2.05) is 26.0 Å². The summed E-state index contributed by atoms with van der Waals surface area (Å²) in [6, 6.07) is 9.55. The zero-order valence-corrected chi connectivity index (χ0v) is 21.4. The van der Waals surface area contributed by atoms with Crippen LogP contribution in [-0.2, 0) is 20.7 Å². The highest BCUT2D eigenvalue weighted by Crippen LogP contribution is 2.33. The molecule has 3 aromatic rings. The van der Waals surface area contributed by atoms with Gasteiger partial charge in [0.2, 0.25) is 5.91 Å². The van der Waals surface area contributed by atoms with Gasteiger partial charge in [-0.05, 0) is 64.4 Å². The van der Waals surface area contributed by atoms with Gasteiger partial charge in [0.15, 0.2) is 5.65 Å². The van der Waals surface area contributed by atoms with Crippen LogP contribution in [0, 0.1) is 0 Å². The molecule has 2 aromatic heterocycles. The maximum Gasteiger partial charge on any atom is 0.332 e. The molecule has 186 valence electrons. The van der Waals surface area contributed by atoms with E-state index < -0.39 is 23.7 Å². The van der Waals surface area contributed by atoms with Crippen LogP contribution >= 0.6 is 11.8 Å². The van der Waals surface area contributed by atoms with Crippen molar-refractivity contribution >= 4 is 34.8 Å². The Bertz CT molecular complexity index is 1290. The van der Waals surface area contributed by atoms with Crippen LogP contribution in [0.25, 0.3) is 16.9 Å². The first-order valence-electron chi connectivity index (χ1n) is 11.5. The Balaban J connectivity index is 1.56. The molecule has 1 aromatic carbocycles. The number of hydrogen-bond donors (Lipinski definition) is 3. The fourth-order valence-corrected chi connectivity index (χ4v) is 5.05. The third kappa shape index (κ3) is 5.59. The number of esters is 1. The van der Waals surface area contributed by atoms with Crippen molar-refractivity contribution < 1.29 is 14.3 Å². The number of aromatic nitrogens is 3. The molecule has 0 unspecified atom stereocenters. The van der Waals surface area contributed by atoms with Gasteiger partial charge >= 0.3 is 11.7 Å². The topological polar surface area (TPSA) is 118 Å². The zero-order chi connectivity index (χ0) is 25.4. The maximum absolute atomic E-state index is 13.1. The monoisotopic (exact) mass is 497 g/mol. The number of nitrogens with one attached hydrogen (secondary N) is 3. The number of pyridine rings is 1. The normalized spacial score (nSPS) is 18.4. The molecule has 0 aliphatic carbocycles. The van der Waals surface area contributed by atoms with Crippen molar-refractivity contribution in [3.63, 3.8) is 0 Å². The second-order valence-electron chi connectivity index (χ2n) is 10.1. The number of benzene rings is 1. The van der Waals surface area contributed by atoms with Gasteiger partial charge in [-0.3, -0.25) is 10.1 Å². The van der Waals surface area contributed by atoms with E-state index >= 15 is 0 Å². The van der Waals surface area contributed by atoms with E-state index in [1.165, 1.54) is 4.57 Å². The van der Waals surface area contributed by atoms with Crippen LogP contribution < -0.4 is 16.3 Å². The zero-order valence-electron chi connectivity index (χ0n) is 20.5. The Morgan fingerprint density at radius 1 is 1.26 bits per heavy atom. The quantitative estimate of drug-likeness (QED) is 0.448. The van der Waals surface area contributed by atoms with Gasteiger partial charge in [0.1, 0.15) is 17.7 Å². The summed E-state index contributed by atoms with van der Waals surface area (Å²) in [7, 11) is 0. The van der Waals surface area contributed by atoms with Crippen LogP contribution in [0.4, 0.5) is 0 Å². The van der Waals surface area contributed by atoms with Gasteiger partial charge in [0.25, 0.3) is 0 Å². The SMILES string of the molecule is CC(C)(C)OC(=O)[C@H](Cc1ccc(-n2c(=O)[nH]c3cccnc32)cc1)NC(=O)[C@H]1NCSC1(C)C. The van der Waals surface area contributed by atoms with E-state index in [4.69, 9.17) is 4.74 Å². The van der Waals surface area contributed by atoms with Gasteiger partial charge in [0.05, 0.1) is 11.2 Å². The first kappa shape index (κ1) is 25.0. The molecular formula is C25H31N5O4S. The summed E-state index contributed by atoms with van der Waals surface area (Å²) in [4.78, 5) is 45.6. The first-order valence-corrected chi connectivity index (χ1v) is 12.5. The summed E-state index contributed by atoms with van der Waals surface area (Å²) in [6.07, 6.45) is 1.88. The van der Waals surface area contributed by atoms with E-state index in [1.54, 1.807) is 63.0 Å². The second-order valence-corrected chi connectivity index (χ2v) is 11.8. The molecule has 3 N–H and O–H groups in total. The highest BCUT2D eigenvalue weighted by atomic mass is 32.2. The van der Waals surface area contributed by atoms with Crippen molar-refractivity contribution in [1.82, 2.24) is 25.2 Å². The van der Waals surface area contributed by atoms with Crippen molar-refractivity contribution in [3.8, 4) is 5.69 Å². The van der Waals surface area contributed by atoms with Gasteiger partial charge in [-0.2, -0.15) is 0 Å². The summed E-state index contributed by atoms with van der Waals surface area (Å²) >= 11 is 1.66. The molecule has 0 spiro atoms. The standard InChI is InChI=1S/C25H31N5O4S/c1-24(2,3)34-22(32)18(28-21(31)19-25(4,5)35-14-27-19)13-15-8-10-16(11-9-15)30-20-17(29-23(30)33)7-6-12-26-20/h6-12,18-19,27H,13-14H2,1-5H3,(H,28,31)(H,29,33)/t18-,19+/m0/s1. The predicted molar refractivity (Wildman–Crippen MR) is 137 cm³/mol. The lowest BCUT2D eigenvalue weighted by Crippen LogP contribution is -2.55. The number of imidazole rings is 1. The average Bonchev–Trinajstić information content (AvgIpc) is 3.30. The predicted octanol–water partition coefficient (Wildman–Crippen LogP) is 2.52. The number of rotatable bonds is 6. The molecule has 0 saturated carbocycles. The molecule has 0 bridgehead atoms. The Morgan fingerprint density at radius 3 is 2.60 bits per heavy atom. The molecule has 1 aliphatic heterocycles.